The first-order chi connectivity index (χ1) is 9.40. The lowest BCUT2D eigenvalue weighted by Crippen LogP contribution is -2.51. The van der Waals surface area contributed by atoms with Crippen molar-refractivity contribution in [1.29, 1.82) is 0 Å². The first kappa shape index (κ1) is 16.2. The molecule has 5 N–H and O–H groups in total. The summed E-state index contributed by atoms with van der Waals surface area (Å²) in [6.07, 6.45) is 2.85. The molecule has 0 spiro atoms. The van der Waals surface area contributed by atoms with Crippen LogP contribution < -0.4 is 16.4 Å². The van der Waals surface area contributed by atoms with Crippen molar-refractivity contribution in [1.82, 2.24) is 15.5 Å². The standard InChI is InChI=1S/C12H22N4O4/c1-16-5-3-2-4-8(16)7-14-12(20)15-9(11(18)19)6-10(13)17/h8-9H,2-7H2,1H3,(H2,13,17)(H,18,19)(H2,14,15,20)/t8?,9-/m0/s1. The van der Waals surface area contributed by atoms with Crippen LogP contribution in [-0.2, 0) is 9.59 Å². The molecule has 1 aliphatic rings. The Kier molecular flexibility index (Phi) is 6.23. The molecule has 1 saturated heterocycles. The maximum atomic E-state index is 11.6. The molecule has 0 radical (unpaired) electrons. The van der Waals surface area contributed by atoms with Gasteiger partial charge < -0.3 is 26.4 Å². The lowest BCUT2D eigenvalue weighted by atomic mass is 10.0. The SMILES string of the molecule is CN1CCCCC1CNC(=O)N[C@@H](CC(N)=O)C(=O)O. The highest BCUT2D eigenvalue weighted by atomic mass is 16.4. The van der Waals surface area contributed by atoms with Crippen LogP contribution in [0.25, 0.3) is 0 Å². The molecule has 0 aromatic rings. The number of carbonyl (C=O) groups excluding carboxylic acids is 2. The fourth-order valence-electron chi connectivity index (χ4n) is 2.22. The number of nitrogens with zero attached hydrogens (tertiary/aromatic N) is 1. The van der Waals surface area contributed by atoms with Crippen molar-refractivity contribution in [2.24, 2.45) is 5.73 Å². The molecule has 8 heteroatoms. The molecule has 1 fully saturated rings. The highest BCUT2D eigenvalue weighted by molar-refractivity contribution is 5.87. The second-order valence-electron chi connectivity index (χ2n) is 5.05. The Labute approximate surface area is 117 Å². The van der Waals surface area contributed by atoms with Gasteiger partial charge in [-0.15, -0.1) is 0 Å². The highest BCUT2D eigenvalue weighted by Gasteiger charge is 2.23. The van der Waals surface area contributed by atoms with Gasteiger partial charge in [-0.25, -0.2) is 9.59 Å². The maximum Gasteiger partial charge on any atom is 0.326 e. The van der Waals surface area contributed by atoms with Crippen LogP contribution >= 0.6 is 0 Å². The predicted molar refractivity (Wildman–Crippen MR) is 72.0 cm³/mol. The van der Waals surface area contributed by atoms with E-state index in [0.29, 0.717) is 6.54 Å². The number of urea groups is 1. The van der Waals surface area contributed by atoms with Gasteiger partial charge in [-0.2, -0.15) is 0 Å². The minimum atomic E-state index is -1.29. The van der Waals surface area contributed by atoms with Crippen LogP contribution in [0.5, 0.6) is 0 Å². The Morgan fingerprint density at radius 3 is 2.65 bits per heavy atom. The van der Waals surface area contributed by atoms with E-state index < -0.39 is 30.4 Å². The fraction of sp³-hybridized carbons (Fsp3) is 0.750. The van der Waals surface area contributed by atoms with E-state index in [-0.39, 0.29) is 6.04 Å². The molecule has 0 aliphatic carbocycles. The Balaban J connectivity index is 2.37. The third-order valence-electron chi connectivity index (χ3n) is 3.43. The quantitative estimate of drug-likeness (QED) is 0.503. The average Bonchev–Trinajstić information content (AvgIpc) is 2.36. The summed E-state index contributed by atoms with van der Waals surface area (Å²) in [5.74, 6) is -2.06. The van der Waals surface area contributed by atoms with Crippen LogP contribution in [0.3, 0.4) is 0 Å². The van der Waals surface area contributed by atoms with Crippen molar-refractivity contribution in [2.45, 2.75) is 37.8 Å². The van der Waals surface area contributed by atoms with Crippen LogP contribution in [0.2, 0.25) is 0 Å². The van der Waals surface area contributed by atoms with Crippen LogP contribution in [0.4, 0.5) is 4.79 Å². The van der Waals surface area contributed by atoms with Gasteiger partial charge in [-0.1, -0.05) is 6.42 Å². The lowest BCUT2D eigenvalue weighted by molar-refractivity contribution is -0.140. The van der Waals surface area contributed by atoms with Crippen LogP contribution in [0, 0.1) is 0 Å². The van der Waals surface area contributed by atoms with Gasteiger partial charge in [-0.05, 0) is 26.4 Å². The molecule has 1 heterocycles. The molecular formula is C12H22N4O4. The summed E-state index contributed by atoms with van der Waals surface area (Å²) in [4.78, 5) is 35.4. The molecular weight excluding hydrogens is 264 g/mol. The summed E-state index contributed by atoms with van der Waals surface area (Å²) < 4.78 is 0. The molecule has 0 bridgehead atoms. The van der Waals surface area contributed by atoms with Gasteiger partial charge in [-0.3, -0.25) is 4.79 Å². The van der Waals surface area contributed by atoms with E-state index in [1.807, 2.05) is 7.05 Å². The summed E-state index contributed by atoms with van der Waals surface area (Å²) >= 11 is 0. The van der Waals surface area contributed by atoms with E-state index >= 15 is 0 Å². The van der Waals surface area contributed by atoms with E-state index in [1.165, 1.54) is 0 Å². The number of amides is 3. The van der Waals surface area contributed by atoms with Gasteiger partial charge in [0.15, 0.2) is 0 Å². The number of rotatable bonds is 6. The Morgan fingerprint density at radius 1 is 1.40 bits per heavy atom. The number of primary amides is 1. The van der Waals surface area contributed by atoms with E-state index in [4.69, 9.17) is 10.8 Å². The molecule has 0 aromatic heterocycles. The first-order valence-electron chi connectivity index (χ1n) is 6.66. The van der Waals surface area contributed by atoms with Crippen LogP contribution in [0.15, 0.2) is 0 Å². The van der Waals surface area contributed by atoms with Crippen molar-refractivity contribution < 1.29 is 19.5 Å². The number of hydrogen-bond acceptors (Lipinski definition) is 4. The summed E-state index contributed by atoms with van der Waals surface area (Å²) in [5.41, 5.74) is 4.94. The van der Waals surface area contributed by atoms with Crippen LogP contribution in [0.1, 0.15) is 25.7 Å². The van der Waals surface area contributed by atoms with Crippen molar-refractivity contribution in [2.75, 3.05) is 20.1 Å². The number of nitrogens with two attached hydrogens (primary N) is 1. The maximum absolute atomic E-state index is 11.6. The minimum absolute atomic E-state index is 0.258. The van der Waals surface area contributed by atoms with E-state index in [9.17, 15) is 14.4 Å². The second kappa shape index (κ2) is 7.68. The van der Waals surface area contributed by atoms with Crippen molar-refractivity contribution in [3.05, 3.63) is 0 Å². The highest BCUT2D eigenvalue weighted by Crippen LogP contribution is 2.13. The molecule has 2 atom stereocenters. The zero-order valence-electron chi connectivity index (χ0n) is 11.6. The molecule has 20 heavy (non-hydrogen) atoms. The zero-order chi connectivity index (χ0) is 15.1. The first-order valence-corrected chi connectivity index (χ1v) is 6.66. The number of carbonyl (C=O) groups is 3. The number of likely N-dealkylation sites (tertiary alicyclic amines) is 1. The summed E-state index contributed by atoms with van der Waals surface area (Å²) in [6.45, 7) is 1.44. The third-order valence-corrected chi connectivity index (χ3v) is 3.43. The number of aliphatic carboxylic acids is 1. The summed E-state index contributed by atoms with van der Waals surface area (Å²) in [5, 5.41) is 13.7. The largest absolute Gasteiger partial charge is 0.480 e. The summed E-state index contributed by atoms with van der Waals surface area (Å²) in [7, 11) is 2.00. The minimum Gasteiger partial charge on any atom is -0.480 e. The number of piperidine rings is 1. The fourth-order valence-corrected chi connectivity index (χ4v) is 2.22. The number of hydrogen-bond donors (Lipinski definition) is 4. The van der Waals surface area contributed by atoms with Gasteiger partial charge in [0.05, 0.1) is 6.42 Å². The van der Waals surface area contributed by atoms with E-state index in [1.54, 1.807) is 0 Å². The molecule has 1 unspecified atom stereocenters. The molecule has 1 rings (SSSR count). The number of carboxylic acid groups (broad SMARTS) is 1. The van der Waals surface area contributed by atoms with Crippen molar-refractivity contribution in [3.63, 3.8) is 0 Å². The molecule has 0 saturated carbocycles. The second-order valence-corrected chi connectivity index (χ2v) is 5.05. The van der Waals surface area contributed by atoms with Crippen LogP contribution in [-0.4, -0.2) is 60.1 Å². The Hall–Kier alpha value is -1.83. The molecule has 1 aliphatic heterocycles. The molecule has 3 amide bonds. The zero-order valence-corrected chi connectivity index (χ0v) is 11.6. The molecule has 8 nitrogen and oxygen atoms in total. The topological polar surface area (TPSA) is 125 Å². The third kappa shape index (κ3) is 5.43. The van der Waals surface area contributed by atoms with E-state index in [0.717, 1.165) is 25.8 Å². The summed E-state index contributed by atoms with van der Waals surface area (Å²) in [6, 6.07) is -1.64. The predicted octanol–water partition coefficient (Wildman–Crippen LogP) is -0.901. The number of likely N-dealkylation sites (N-methyl/N-ethyl adjacent to an activating group) is 1. The molecule has 114 valence electrons. The van der Waals surface area contributed by atoms with Crippen molar-refractivity contribution in [3.8, 4) is 0 Å². The van der Waals surface area contributed by atoms with Gasteiger partial charge in [0.2, 0.25) is 5.91 Å². The van der Waals surface area contributed by atoms with Crippen molar-refractivity contribution >= 4 is 17.9 Å². The molecule has 0 aromatic carbocycles. The smallest absolute Gasteiger partial charge is 0.326 e. The van der Waals surface area contributed by atoms with Gasteiger partial charge in [0.25, 0.3) is 0 Å². The normalized spacial score (nSPS) is 20.9. The number of nitrogens with one attached hydrogen (secondary N) is 2. The lowest BCUT2D eigenvalue weighted by Gasteiger charge is -2.32. The van der Waals surface area contributed by atoms with E-state index in [2.05, 4.69) is 15.5 Å². The van der Waals surface area contributed by atoms with Gasteiger partial charge in [0, 0.05) is 12.6 Å². The van der Waals surface area contributed by atoms with Gasteiger partial charge in [0.1, 0.15) is 6.04 Å². The Morgan fingerprint density at radius 2 is 2.10 bits per heavy atom. The number of carboxylic acids is 1. The van der Waals surface area contributed by atoms with Gasteiger partial charge >= 0.3 is 12.0 Å². The average molecular weight is 286 g/mol. The monoisotopic (exact) mass is 286 g/mol. The Bertz CT molecular complexity index is 374.